The predicted octanol–water partition coefficient (Wildman–Crippen LogP) is 1.99. The number of nitrogens with one attached hydrogen (secondary N) is 2. The van der Waals surface area contributed by atoms with Crippen molar-refractivity contribution in [2.24, 2.45) is 0 Å². The lowest BCUT2D eigenvalue weighted by atomic mass is 10.1. The second kappa shape index (κ2) is 7.27. The van der Waals surface area contributed by atoms with E-state index in [4.69, 9.17) is 11.6 Å². The lowest BCUT2D eigenvalue weighted by Crippen LogP contribution is -2.41. The highest BCUT2D eigenvalue weighted by atomic mass is 35.5. The van der Waals surface area contributed by atoms with Crippen molar-refractivity contribution in [3.05, 3.63) is 35.0 Å². The van der Waals surface area contributed by atoms with Crippen LogP contribution in [0.25, 0.3) is 0 Å². The minimum Gasteiger partial charge on any atom is -0.310 e. The van der Waals surface area contributed by atoms with Gasteiger partial charge in [0.1, 0.15) is 11.6 Å². The fourth-order valence-electron chi connectivity index (χ4n) is 2.61. The molecule has 0 spiro atoms. The minimum atomic E-state index is -0.128. The number of halogens is 1. The third kappa shape index (κ3) is 4.10. The minimum absolute atomic E-state index is 0.128. The van der Waals surface area contributed by atoms with Crippen molar-refractivity contribution in [1.82, 2.24) is 25.1 Å². The number of hydrogen-bond donors (Lipinski definition) is 2. The Bertz CT molecular complexity index is 712. The third-order valence-electron chi connectivity index (χ3n) is 3.94. The Balaban J connectivity index is 1.50. The number of carbonyl (C=O) groups is 1. The fraction of sp³-hybridized carbons (Fsp3) is 0.500. The molecule has 0 radical (unpaired) electrons. The molecule has 0 bridgehead atoms. The van der Waals surface area contributed by atoms with Crippen molar-refractivity contribution in [2.75, 3.05) is 11.9 Å². The summed E-state index contributed by atoms with van der Waals surface area (Å²) in [7, 11) is 0. The van der Waals surface area contributed by atoms with Crippen LogP contribution in [-0.2, 0) is 17.8 Å². The first-order valence-corrected chi connectivity index (χ1v) is 8.47. The molecule has 24 heavy (non-hydrogen) atoms. The summed E-state index contributed by atoms with van der Waals surface area (Å²) in [5, 5.41) is 11.1. The van der Waals surface area contributed by atoms with Gasteiger partial charge in [-0.15, -0.1) is 0 Å². The van der Waals surface area contributed by atoms with Crippen LogP contribution in [0.2, 0.25) is 5.02 Å². The number of fused-ring (bicyclic) bond motifs is 1. The van der Waals surface area contributed by atoms with Crippen LogP contribution >= 0.6 is 11.6 Å². The zero-order valence-electron chi connectivity index (χ0n) is 13.8. The maximum absolute atomic E-state index is 12.0. The van der Waals surface area contributed by atoms with Crippen LogP contribution < -0.4 is 10.6 Å². The van der Waals surface area contributed by atoms with Crippen LogP contribution in [0.5, 0.6) is 0 Å². The van der Waals surface area contributed by atoms with Crippen molar-refractivity contribution >= 4 is 23.3 Å². The molecule has 0 saturated heterocycles. The average Bonchev–Trinajstić information content (AvgIpc) is 2.99. The van der Waals surface area contributed by atoms with E-state index in [0.717, 1.165) is 31.0 Å². The van der Waals surface area contributed by atoms with Gasteiger partial charge in [0, 0.05) is 24.6 Å². The molecule has 8 heteroatoms. The van der Waals surface area contributed by atoms with Gasteiger partial charge < -0.3 is 10.6 Å². The van der Waals surface area contributed by atoms with Crippen molar-refractivity contribution in [3.63, 3.8) is 0 Å². The Morgan fingerprint density at radius 3 is 3.00 bits per heavy atom. The Hall–Kier alpha value is -1.99. The van der Waals surface area contributed by atoms with Crippen molar-refractivity contribution < 1.29 is 4.79 Å². The lowest BCUT2D eigenvalue weighted by molar-refractivity contribution is -0.115. The van der Waals surface area contributed by atoms with Crippen LogP contribution in [0.1, 0.15) is 37.8 Å². The molecular weight excluding hydrogens is 328 g/mol. The largest absolute Gasteiger partial charge is 0.310 e. The normalized spacial score (nSPS) is 16.9. The lowest BCUT2D eigenvalue weighted by Gasteiger charge is -2.23. The van der Waals surface area contributed by atoms with E-state index >= 15 is 0 Å². The highest BCUT2D eigenvalue weighted by molar-refractivity contribution is 6.30. The van der Waals surface area contributed by atoms with Gasteiger partial charge in [0.2, 0.25) is 5.91 Å². The van der Waals surface area contributed by atoms with Crippen LogP contribution in [0, 0.1) is 0 Å². The van der Waals surface area contributed by atoms with Gasteiger partial charge >= 0.3 is 0 Å². The molecule has 1 aliphatic heterocycles. The van der Waals surface area contributed by atoms with E-state index in [2.05, 4.69) is 39.5 Å². The SMILES string of the molecule is CC(C)c1nc2n(n1)CC(NCC(=O)Nc1ccc(Cl)cn1)CC2. The number of hydrogen-bond acceptors (Lipinski definition) is 5. The number of nitrogens with zero attached hydrogens (tertiary/aromatic N) is 4. The van der Waals surface area contributed by atoms with Crippen molar-refractivity contribution in [1.29, 1.82) is 0 Å². The predicted molar refractivity (Wildman–Crippen MR) is 92.1 cm³/mol. The zero-order chi connectivity index (χ0) is 17.1. The molecule has 2 N–H and O–H groups in total. The van der Waals surface area contributed by atoms with Gasteiger partial charge in [-0.25, -0.2) is 14.6 Å². The Morgan fingerprint density at radius 2 is 2.29 bits per heavy atom. The molecule has 128 valence electrons. The smallest absolute Gasteiger partial charge is 0.239 e. The number of anilines is 1. The first-order chi connectivity index (χ1) is 11.5. The molecule has 0 aliphatic carbocycles. The van der Waals surface area contributed by atoms with Gasteiger partial charge in [-0.2, -0.15) is 5.10 Å². The van der Waals surface area contributed by atoms with Gasteiger partial charge in [0.25, 0.3) is 0 Å². The van der Waals surface area contributed by atoms with E-state index < -0.39 is 0 Å². The van der Waals surface area contributed by atoms with E-state index in [0.29, 0.717) is 16.8 Å². The number of pyridine rings is 1. The maximum Gasteiger partial charge on any atom is 0.239 e. The van der Waals surface area contributed by atoms with Gasteiger partial charge in [0.05, 0.1) is 18.1 Å². The monoisotopic (exact) mass is 348 g/mol. The van der Waals surface area contributed by atoms with E-state index in [1.54, 1.807) is 12.1 Å². The van der Waals surface area contributed by atoms with Crippen LogP contribution in [0.4, 0.5) is 5.82 Å². The summed E-state index contributed by atoms with van der Waals surface area (Å²) in [4.78, 5) is 20.6. The molecule has 1 atom stereocenters. The number of aryl methyl sites for hydroxylation is 1. The van der Waals surface area contributed by atoms with Crippen LogP contribution in [-0.4, -0.2) is 38.2 Å². The number of amides is 1. The molecule has 2 aromatic heterocycles. The second-order valence-electron chi connectivity index (χ2n) is 6.25. The molecule has 3 heterocycles. The third-order valence-corrected chi connectivity index (χ3v) is 4.16. The highest BCUT2D eigenvalue weighted by Crippen LogP contribution is 2.17. The summed E-state index contributed by atoms with van der Waals surface area (Å²) in [6.45, 7) is 5.15. The number of aromatic nitrogens is 4. The summed E-state index contributed by atoms with van der Waals surface area (Å²) in [5.41, 5.74) is 0. The standard InChI is InChI=1S/C16H21ClN6O/c1-10(2)16-21-14-6-4-12(9-23(14)22-16)18-8-15(24)20-13-5-3-11(17)7-19-13/h3,5,7,10,12,18H,4,6,8-9H2,1-2H3,(H,19,20,24). The quantitative estimate of drug-likeness (QED) is 0.863. The van der Waals surface area contributed by atoms with Gasteiger partial charge in [-0.3, -0.25) is 4.79 Å². The summed E-state index contributed by atoms with van der Waals surface area (Å²) >= 11 is 5.77. The van der Waals surface area contributed by atoms with Crippen LogP contribution in [0.15, 0.2) is 18.3 Å². The summed E-state index contributed by atoms with van der Waals surface area (Å²) in [6.07, 6.45) is 3.32. The first kappa shape index (κ1) is 16.9. The average molecular weight is 349 g/mol. The Kier molecular flexibility index (Phi) is 5.11. The van der Waals surface area contributed by atoms with E-state index in [9.17, 15) is 4.79 Å². The van der Waals surface area contributed by atoms with E-state index in [1.807, 2.05) is 4.68 Å². The molecule has 0 fully saturated rings. The summed E-state index contributed by atoms with van der Waals surface area (Å²) in [6, 6.07) is 3.58. The molecular formula is C16H21ClN6O. The highest BCUT2D eigenvalue weighted by Gasteiger charge is 2.22. The molecule has 2 aromatic rings. The van der Waals surface area contributed by atoms with Crippen LogP contribution in [0.3, 0.4) is 0 Å². The summed E-state index contributed by atoms with van der Waals surface area (Å²) in [5.74, 6) is 2.61. The van der Waals surface area contributed by atoms with Crippen molar-refractivity contribution in [3.8, 4) is 0 Å². The summed E-state index contributed by atoms with van der Waals surface area (Å²) < 4.78 is 1.95. The fourth-order valence-corrected chi connectivity index (χ4v) is 2.73. The Morgan fingerprint density at radius 1 is 1.46 bits per heavy atom. The molecule has 1 aliphatic rings. The molecule has 7 nitrogen and oxygen atoms in total. The van der Waals surface area contributed by atoms with Gasteiger partial charge in [-0.05, 0) is 18.6 Å². The van der Waals surface area contributed by atoms with Gasteiger partial charge in [-0.1, -0.05) is 25.4 Å². The zero-order valence-corrected chi connectivity index (χ0v) is 14.5. The second-order valence-corrected chi connectivity index (χ2v) is 6.69. The van der Waals surface area contributed by atoms with Crippen molar-refractivity contribution in [2.45, 2.75) is 45.2 Å². The Labute approximate surface area is 145 Å². The van der Waals surface area contributed by atoms with E-state index in [1.165, 1.54) is 6.20 Å². The van der Waals surface area contributed by atoms with E-state index in [-0.39, 0.29) is 18.5 Å². The first-order valence-electron chi connectivity index (χ1n) is 8.09. The topological polar surface area (TPSA) is 84.7 Å². The molecule has 0 saturated carbocycles. The van der Waals surface area contributed by atoms with Gasteiger partial charge in [0.15, 0.2) is 5.82 Å². The molecule has 0 aromatic carbocycles. The number of carbonyl (C=O) groups excluding carboxylic acids is 1. The maximum atomic E-state index is 12.0. The molecule has 1 unspecified atom stereocenters. The molecule has 1 amide bonds. The number of rotatable bonds is 5. The molecule has 3 rings (SSSR count).